The lowest BCUT2D eigenvalue weighted by Crippen LogP contribution is -2.15. The van der Waals surface area contributed by atoms with Crippen LogP contribution in [0.25, 0.3) is 0 Å². The molecule has 1 heterocycles. The molecule has 0 bridgehead atoms. The SMILES string of the molecule is CC(C)(O)c1cn(Cc2ccc(F)c(F)c2)nn1. The first-order valence-corrected chi connectivity index (χ1v) is 5.43. The van der Waals surface area contributed by atoms with E-state index in [1.807, 2.05) is 0 Å². The molecule has 4 nitrogen and oxygen atoms in total. The van der Waals surface area contributed by atoms with Crippen LogP contribution in [0.15, 0.2) is 24.4 Å². The number of halogens is 2. The molecule has 0 aliphatic carbocycles. The number of benzene rings is 1. The Labute approximate surface area is 103 Å². The van der Waals surface area contributed by atoms with Crippen molar-refractivity contribution in [2.45, 2.75) is 26.0 Å². The predicted octanol–water partition coefficient (Wildman–Crippen LogP) is 1.83. The maximum Gasteiger partial charge on any atom is 0.159 e. The van der Waals surface area contributed by atoms with Crippen LogP contribution in [0.2, 0.25) is 0 Å². The normalized spacial score (nSPS) is 11.8. The van der Waals surface area contributed by atoms with E-state index in [0.29, 0.717) is 11.3 Å². The van der Waals surface area contributed by atoms with Gasteiger partial charge in [-0.15, -0.1) is 5.10 Å². The monoisotopic (exact) mass is 253 g/mol. The number of rotatable bonds is 3. The third-order valence-corrected chi connectivity index (χ3v) is 2.49. The molecule has 96 valence electrons. The zero-order valence-electron chi connectivity index (χ0n) is 10.1. The van der Waals surface area contributed by atoms with Crippen molar-refractivity contribution in [3.8, 4) is 0 Å². The average molecular weight is 253 g/mol. The van der Waals surface area contributed by atoms with Crippen LogP contribution >= 0.6 is 0 Å². The Balaban J connectivity index is 2.19. The zero-order valence-corrected chi connectivity index (χ0v) is 10.1. The largest absolute Gasteiger partial charge is 0.384 e. The summed E-state index contributed by atoms with van der Waals surface area (Å²) in [5.41, 5.74) is -0.0853. The molecule has 0 atom stereocenters. The van der Waals surface area contributed by atoms with Crippen LogP contribution in [0.5, 0.6) is 0 Å². The van der Waals surface area contributed by atoms with E-state index in [1.165, 1.54) is 10.7 Å². The summed E-state index contributed by atoms with van der Waals surface area (Å²) >= 11 is 0. The van der Waals surface area contributed by atoms with Gasteiger partial charge in [0.25, 0.3) is 0 Å². The quantitative estimate of drug-likeness (QED) is 0.908. The number of aromatic nitrogens is 3. The smallest absolute Gasteiger partial charge is 0.159 e. The number of hydrogen-bond donors (Lipinski definition) is 1. The Morgan fingerprint density at radius 3 is 2.56 bits per heavy atom. The molecule has 2 aromatic rings. The van der Waals surface area contributed by atoms with Gasteiger partial charge in [-0.1, -0.05) is 11.3 Å². The topological polar surface area (TPSA) is 50.9 Å². The first kappa shape index (κ1) is 12.6. The lowest BCUT2D eigenvalue weighted by molar-refractivity contribution is 0.0737. The van der Waals surface area contributed by atoms with Gasteiger partial charge in [0.05, 0.1) is 12.7 Å². The van der Waals surface area contributed by atoms with Gasteiger partial charge in [-0.25, -0.2) is 13.5 Å². The molecule has 0 spiro atoms. The van der Waals surface area contributed by atoms with Gasteiger partial charge in [-0.3, -0.25) is 0 Å². The van der Waals surface area contributed by atoms with Crippen LogP contribution in [-0.4, -0.2) is 20.1 Å². The Hall–Kier alpha value is -1.82. The van der Waals surface area contributed by atoms with Gasteiger partial charge in [0.2, 0.25) is 0 Å². The predicted molar refractivity (Wildman–Crippen MR) is 60.7 cm³/mol. The van der Waals surface area contributed by atoms with Crippen molar-refractivity contribution in [3.05, 3.63) is 47.3 Å². The van der Waals surface area contributed by atoms with Crippen LogP contribution in [0.3, 0.4) is 0 Å². The minimum Gasteiger partial charge on any atom is -0.384 e. The Morgan fingerprint density at radius 2 is 2.00 bits per heavy atom. The van der Waals surface area contributed by atoms with Gasteiger partial charge < -0.3 is 5.11 Å². The minimum atomic E-state index is -1.08. The van der Waals surface area contributed by atoms with Crippen molar-refractivity contribution in [1.82, 2.24) is 15.0 Å². The summed E-state index contributed by atoms with van der Waals surface area (Å²) in [5, 5.41) is 17.4. The van der Waals surface area contributed by atoms with E-state index >= 15 is 0 Å². The molecule has 0 fully saturated rings. The highest BCUT2D eigenvalue weighted by molar-refractivity contribution is 5.18. The lowest BCUT2D eigenvalue weighted by atomic mass is 10.1. The van der Waals surface area contributed by atoms with Crippen molar-refractivity contribution < 1.29 is 13.9 Å². The molecule has 0 saturated carbocycles. The average Bonchev–Trinajstić information content (AvgIpc) is 2.72. The van der Waals surface area contributed by atoms with Crippen LogP contribution in [0.4, 0.5) is 8.78 Å². The molecule has 0 amide bonds. The molecular formula is C12H13F2N3O. The van der Waals surface area contributed by atoms with Gasteiger partial charge in [-0.2, -0.15) is 0 Å². The molecule has 2 rings (SSSR count). The van der Waals surface area contributed by atoms with Crippen LogP contribution in [0, 0.1) is 11.6 Å². The molecule has 0 radical (unpaired) electrons. The van der Waals surface area contributed by atoms with Gasteiger partial charge in [0.15, 0.2) is 11.6 Å². The molecule has 1 N–H and O–H groups in total. The van der Waals surface area contributed by atoms with Crippen molar-refractivity contribution in [3.63, 3.8) is 0 Å². The fourth-order valence-corrected chi connectivity index (χ4v) is 1.48. The van der Waals surface area contributed by atoms with E-state index in [0.717, 1.165) is 12.1 Å². The Kier molecular flexibility index (Phi) is 3.13. The summed E-state index contributed by atoms with van der Waals surface area (Å²) in [5.74, 6) is -1.77. The second-order valence-electron chi connectivity index (χ2n) is 4.61. The van der Waals surface area contributed by atoms with Gasteiger partial charge in [0.1, 0.15) is 11.3 Å². The van der Waals surface area contributed by atoms with Gasteiger partial charge in [0, 0.05) is 0 Å². The highest BCUT2D eigenvalue weighted by Crippen LogP contribution is 2.16. The summed E-state index contributed by atoms with van der Waals surface area (Å²) < 4.78 is 27.2. The fraction of sp³-hybridized carbons (Fsp3) is 0.333. The van der Waals surface area contributed by atoms with Crippen molar-refractivity contribution in [2.75, 3.05) is 0 Å². The zero-order chi connectivity index (χ0) is 13.3. The molecular weight excluding hydrogens is 240 g/mol. The number of nitrogens with zero attached hydrogens (tertiary/aromatic N) is 3. The fourth-order valence-electron chi connectivity index (χ4n) is 1.48. The van der Waals surface area contributed by atoms with Crippen LogP contribution in [-0.2, 0) is 12.1 Å². The van der Waals surface area contributed by atoms with E-state index < -0.39 is 17.2 Å². The van der Waals surface area contributed by atoms with E-state index in [9.17, 15) is 13.9 Å². The van der Waals surface area contributed by atoms with Crippen LogP contribution < -0.4 is 0 Å². The van der Waals surface area contributed by atoms with Gasteiger partial charge in [-0.05, 0) is 31.5 Å². The summed E-state index contributed by atoms with van der Waals surface area (Å²) in [6, 6.07) is 3.66. The van der Waals surface area contributed by atoms with E-state index in [1.54, 1.807) is 20.0 Å². The molecule has 0 aliphatic rings. The second kappa shape index (κ2) is 4.45. The number of hydrogen-bond acceptors (Lipinski definition) is 3. The maximum atomic E-state index is 13.0. The first-order valence-electron chi connectivity index (χ1n) is 5.43. The molecule has 1 aromatic heterocycles. The summed E-state index contributed by atoms with van der Waals surface area (Å²) in [6.45, 7) is 3.46. The summed E-state index contributed by atoms with van der Waals surface area (Å²) in [7, 11) is 0. The van der Waals surface area contributed by atoms with Crippen LogP contribution in [0.1, 0.15) is 25.1 Å². The second-order valence-corrected chi connectivity index (χ2v) is 4.61. The Bertz CT molecular complexity index is 561. The molecule has 0 unspecified atom stereocenters. The number of aliphatic hydroxyl groups is 1. The van der Waals surface area contributed by atoms with E-state index in [-0.39, 0.29) is 6.54 Å². The summed E-state index contributed by atoms with van der Waals surface area (Å²) in [6.07, 6.45) is 1.57. The lowest BCUT2D eigenvalue weighted by Gasteiger charge is -2.11. The highest BCUT2D eigenvalue weighted by Gasteiger charge is 2.20. The van der Waals surface area contributed by atoms with Gasteiger partial charge >= 0.3 is 0 Å². The summed E-state index contributed by atoms with van der Waals surface area (Å²) in [4.78, 5) is 0. The maximum absolute atomic E-state index is 13.0. The van der Waals surface area contributed by atoms with Crippen molar-refractivity contribution in [1.29, 1.82) is 0 Å². The third-order valence-electron chi connectivity index (χ3n) is 2.49. The molecule has 6 heteroatoms. The van der Waals surface area contributed by atoms with E-state index in [2.05, 4.69) is 10.3 Å². The van der Waals surface area contributed by atoms with Crippen molar-refractivity contribution >= 4 is 0 Å². The third kappa shape index (κ3) is 2.70. The van der Waals surface area contributed by atoms with Crippen molar-refractivity contribution in [2.24, 2.45) is 0 Å². The molecule has 0 saturated heterocycles. The Morgan fingerprint density at radius 1 is 1.28 bits per heavy atom. The van der Waals surface area contributed by atoms with E-state index in [4.69, 9.17) is 0 Å². The standard InChI is InChI=1S/C12H13F2N3O/c1-12(2,18)11-7-17(16-15-11)6-8-3-4-9(13)10(14)5-8/h3-5,7,18H,6H2,1-2H3. The highest BCUT2D eigenvalue weighted by atomic mass is 19.2. The first-order chi connectivity index (χ1) is 8.36. The molecule has 0 aliphatic heterocycles. The minimum absolute atomic E-state index is 0.264. The molecule has 18 heavy (non-hydrogen) atoms. The molecule has 1 aromatic carbocycles.